The summed E-state index contributed by atoms with van der Waals surface area (Å²) in [5.41, 5.74) is -1.95. The van der Waals surface area contributed by atoms with Crippen molar-refractivity contribution in [3.63, 3.8) is 0 Å². The van der Waals surface area contributed by atoms with Crippen LogP contribution in [0.5, 0.6) is 5.75 Å². The maximum Gasteiger partial charge on any atom is 0.438 e. The Hall–Kier alpha value is -1.83. The van der Waals surface area contributed by atoms with Gasteiger partial charge in [0.1, 0.15) is 10.4 Å². The minimum Gasteiger partial charge on any atom is -0.497 e. The van der Waals surface area contributed by atoms with Crippen molar-refractivity contribution in [3.8, 4) is 5.75 Å². The average Bonchev–Trinajstić information content (AvgIpc) is 2.42. The molecule has 0 unspecified atom stereocenters. The van der Waals surface area contributed by atoms with E-state index in [0.717, 1.165) is 4.57 Å². The highest BCUT2D eigenvalue weighted by Gasteiger charge is 2.37. The van der Waals surface area contributed by atoms with Gasteiger partial charge < -0.3 is 9.30 Å². The molecule has 0 atom stereocenters. The number of ether oxygens (including phenoxy) is 1. The molecule has 0 saturated heterocycles. The summed E-state index contributed by atoms with van der Waals surface area (Å²) in [7, 11) is 1.51. The van der Waals surface area contributed by atoms with Crippen molar-refractivity contribution in [2.24, 2.45) is 0 Å². The van der Waals surface area contributed by atoms with Gasteiger partial charge in [0.25, 0.3) is 5.56 Å². The van der Waals surface area contributed by atoms with E-state index in [9.17, 15) is 18.0 Å². The fourth-order valence-corrected chi connectivity index (χ4v) is 2.16. The second-order valence-corrected chi connectivity index (χ2v) is 5.00. The molecule has 0 bridgehead atoms. The van der Waals surface area contributed by atoms with E-state index in [1.54, 1.807) is 24.3 Å². The summed E-state index contributed by atoms with van der Waals surface area (Å²) in [6.07, 6.45) is -3.57. The summed E-state index contributed by atoms with van der Waals surface area (Å²) >= 11 is 2.88. The van der Waals surface area contributed by atoms with Gasteiger partial charge in [-0.2, -0.15) is 13.2 Å². The first-order valence-corrected chi connectivity index (χ1v) is 6.57. The van der Waals surface area contributed by atoms with E-state index in [0.29, 0.717) is 11.3 Å². The van der Waals surface area contributed by atoms with Gasteiger partial charge in [-0.3, -0.25) is 4.79 Å². The third kappa shape index (κ3) is 3.63. The van der Waals surface area contributed by atoms with Crippen molar-refractivity contribution >= 4 is 15.9 Å². The zero-order valence-electron chi connectivity index (χ0n) is 10.8. The van der Waals surface area contributed by atoms with Crippen LogP contribution in [0.4, 0.5) is 13.2 Å². The molecule has 0 N–H and O–H groups in total. The summed E-state index contributed by atoms with van der Waals surface area (Å²) in [4.78, 5) is 15.0. The largest absolute Gasteiger partial charge is 0.497 e. The topological polar surface area (TPSA) is 44.1 Å². The number of hydrogen-bond acceptors (Lipinski definition) is 3. The molecule has 0 spiro atoms. The van der Waals surface area contributed by atoms with Gasteiger partial charge in [-0.1, -0.05) is 12.1 Å². The Morgan fingerprint density at radius 1 is 1.29 bits per heavy atom. The first-order valence-electron chi connectivity index (χ1n) is 5.78. The van der Waals surface area contributed by atoms with E-state index in [1.807, 2.05) is 0 Å². The fraction of sp³-hybridized carbons (Fsp3) is 0.231. The van der Waals surface area contributed by atoms with E-state index in [4.69, 9.17) is 4.74 Å². The molecule has 0 saturated carbocycles. The summed E-state index contributed by atoms with van der Waals surface area (Å²) < 4.78 is 44.1. The molecule has 0 aliphatic rings. The van der Waals surface area contributed by atoms with Crippen LogP contribution in [0, 0.1) is 0 Å². The highest BCUT2D eigenvalue weighted by molar-refractivity contribution is 9.10. The molecule has 0 amide bonds. The van der Waals surface area contributed by atoms with Crippen LogP contribution < -0.4 is 10.3 Å². The fourth-order valence-electron chi connectivity index (χ4n) is 1.74. The van der Waals surface area contributed by atoms with Gasteiger partial charge in [-0.05, 0) is 33.6 Å². The lowest BCUT2D eigenvalue weighted by Crippen LogP contribution is -2.30. The molecule has 0 aliphatic carbocycles. The van der Waals surface area contributed by atoms with Crippen molar-refractivity contribution in [3.05, 3.63) is 56.7 Å². The lowest BCUT2D eigenvalue weighted by molar-refractivity contribution is -0.142. The molecule has 2 aromatic rings. The summed E-state index contributed by atoms with van der Waals surface area (Å²) in [5.74, 6) is 0.623. The highest BCUT2D eigenvalue weighted by atomic mass is 79.9. The highest BCUT2D eigenvalue weighted by Crippen LogP contribution is 2.26. The Morgan fingerprint density at radius 2 is 1.90 bits per heavy atom. The number of benzene rings is 1. The molecule has 21 heavy (non-hydrogen) atoms. The van der Waals surface area contributed by atoms with E-state index in [-0.39, 0.29) is 11.1 Å². The first-order chi connectivity index (χ1) is 9.81. The summed E-state index contributed by atoms with van der Waals surface area (Å²) in [6.45, 7) is 0.00697. The van der Waals surface area contributed by atoms with Crippen LogP contribution in [0.2, 0.25) is 0 Å². The Kier molecular flexibility index (Phi) is 4.36. The molecule has 1 aromatic heterocycles. The second-order valence-electron chi connectivity index (χ2n) is 4.19. The molecule has 0 aliphatic heterocycles. The summed E-state index contributed by atoms with van der Waals surface area (Å²) in [5, 5.41) is 0. The van der Waals surface area contributed by atoms with Crippen LogP contribution >= 0.6 is 15.9 Å². The molecule has 4 nitrogen and oxygen atoms in total. The normalized spacial score (nSPS) is 11.5. The van der Waals surface area contributed by atoms with Crippen molar-refractivity contribution in [1.82, 2.24) is 9.55 Å². The number of halogens is 4. The molecule has 112 valence electrons. The molecule has 1 aromatic carbocycles. The van der Waals surface area contributed by atoms with E-state index >= 15 is 0 Å². The lowest BCUT2D eigenvalue weighted by atomic mass is 10.2. The summed E-state index contributed by atoms with van der Waals surface area (Å²) in [6, 6.07) is 6.68. The van der Waals surface area contributed by atoms with Gasteiger partial charge in [-0.15, -0.1) is 0 Å². The number of rotatable bonds is 3. The number of methoxy groups -OCH3 is 1. The number of hydrogen-bond donors (Lipinski definition) is 0. The molecule has 0 radical (unpaired) electrons. The predicted molar refractivity (Wildman–Crippen MR) is 73.3 cm³/mol. The maximum absolute atomic E-state index is 12.7. The van der Waals surface area contributed by atoms with Gasteiger partial charge >= 0.3 is 6.18 Å². The zero-order chi connectivity index (χ0) is 15.6. The first kappa shape index (κ1) is 15.6. The Morgan fingerprint density at radius 3 is 2.43 bits per heavy atom. The van der Waals surface area contributed by atoms with Crippen molar-refractivity contribution in [1.29, 1.82) is 0 Å². The molecule has 8 heteroatoms. The van der Waals surface area contributed by atoms with Gasteiger partial charge in [0.2, 0.25) is 5.69 Å². The zero-order valence-corrected chi connectivity index (χ0v) is 12.4. The van der Waals surface area contributed by atoms with Crippen molar-refractivity contribution in [2.45, 2.75) is 12.7 Å². The van der Waals surface area contributed by atoms with Gasteiger partial charge in [0.15, 0.2) is 0 Å². The third-order valence-electron chi connectivity index (χ3n) is 2.72. The van der Waals surface area contributed by atoms with E-state index < -0.39 is 17.4 Å². The number of alkyl halides is 3. The second kappa shape index (κ2) is 5.88. The van der Waals surface area contributed by atoms with Gasteiger partial charge in [0, 0.05) is 6.20 Å². The van der Waals surface area contributed by atoms with Gasteiger partial charge in [0.05, 0.1) is 13.7 Å². The maximum atomic E-state index is 12.7. The van der Waals surface area contributed by atoms with Crippen LogP contribution in [0.3, 0.4) is 0 Å². The molecule has 1 heterocycles. The molecular weight excluding hydrogens is 353 g/mol. The smallest absolute Gasteiger partial charge is 0.438 e. The minimum absolute atomic E-state index is 0.00697. The average molecular weight is 363 g/mol. The van der Waals surface area contributed by atoms with Crippen molar-refractivity contribution < 1.29 is 17.9 Å². The standard InChI is InChI=1S/C13H10BrF3N2O2/c1-21-9-4-2-8(3-5-9)6-19-7-10(14)18-11(12(19)20)13(15,16)17/h2-5,7H,6H2,1H3. The Balaban J connectivity index is 2.40. The van der Waals surface area contributed by atoms with Crippen LogP contribution in [-0.4, -0.2) is 16.7 Å². The predicted octanol–water partition coefficient (Wildman–Crippen LogP) is 3.08. The van der Waals surface area contributed by atoms with Crippen LogP contribution in [0.25, 0.3) is 0 Å². The van der Waals surface area contributed by atoms with Crippen LogP contribution in [0.1, 0.15) is 11.3 Å². The van der Waals surface area contributed by atoms with Crippen LogP contribution in [-0.2, 0) is 12.7 Å². The number of nitrogens with zero attached hydrogens (tertiary/aromatic N) is 2. The van der Waals surface area contributed by atoms with E-state index in [2.05, 4.69) is 20.9 Å². The third-order valence-corrected chi connectivity index (χ3v) is 3.11. The lowest BCUT2D eigenvalue weighted by Gasteiger charge is -2.11. The van der Waals surface area contributed by atoms with Crippen LogP contribution in [0.15, 0.2) is 39.9 Å². The quantitative estimate of drug-likeness (QED) is 0.842. The van der Waals surface area contributed by atoms with Crippen molar-refractivity contribution in [2.75, 3.05) is 7.11 Å². The minimum atomic E-state index is -4.79. The SMILES string of the molecule is COc1ccc(Cn2cc(Br)nc(C(F)(F)F)c2=O)cc1. The number of aromatic nitrogens is 2. The monoisotopic (exact) mass is 362 g/mol. The Labute approximate surface area is 126 Å². The van der Waals surface area contributed by atoms with Gasteiger partial charge in [-0.25, -0.2) is 4.98 Å². The molecule has 2 rings (SSSR count). The Bertz CT molecular complexity index is 696. The molecular formula is C13H10BrF3N2O2. The molecule has 0 fully saturated rings. The van der Waals surface area contributed by atoms with E-state index in [1.165, 1.54) is 13.3 Å².